The number of halogens is 1. The summed E-state index contributed by atoms with van der Waals surface area (Å²) in [6, 6.07) is 7.05. The summed E-state index contributed by atoms with van der Waals surface area (Å²) in [7, 11) is 0. The molecule has 1 aliphatic heterocycles. The molecule has 0 saturated carbocycles. The van der Waals surface area contributed by atoms with Gasteiger partial charge in [-0.1, -0.05) is 6.07 Å². The molecule has 0 aliphatic carbocycles. The Labute approximate surface area is 150 Å². The van der Waals surface area contributed by atoms with Gasteiger partial charge in [-0.25, -0.2) is 9.37 Å². The molecule has 2 aromatic rings. The maximum absolute atomic E-state index is 13.5. The molecular weight excluding hydrogens is 339 g/mol. The number of piperidine rings is 1. The Bertz CT molecular complexity index is 818. The van der Waals surface area contributed by atoms with Crippen LogP contribution in [0.25, 0.3) is 0 Å². The van der Waals surface area contributed by atoms with E-state index in [-0.39, 0.29) is 23.2 Å². The molecule has 0 bridgehead atoms. The van der Waals surface area contributed by atoms with E-state index in [2.05, 4.69) is 10.3 Å². The Hall–Kier alpha value is -3.03. The summed E-state index contributed by atoms with van der Waals surface area (Å²) in [5.74, 6) is -0.337. The number of nitrogens with one attached hydrogen (secondary N) is 1. The van der Waals surface area contributed by atoms with E-state index in [0.29, 0.717) is 31.7 Å². The standard InChI is InChI=1S/C18H19FN4O3/c1-12-2-5-17(20-11-12)21-18(24)13-6-8-22(9-7-13)16-10-14(19)3-4-15(16)23(25)26/h2-5,10-11,13H,6-9H2,1H3,(H,20,21,24). The number of carbonyl (C=O) groups is 1. The van der Waals surface area contributed by atoms with Crippen LogP contribution in [0, 0.1) is 28.8 Å². The molecule has 0 atom stereocenters. The average Bonchev–Trinajstić information content (AvgIpc) is 2.63. The van der Waals surface area contributed by atoms with E-state index in [4.69, 9.17) is 0 Å². The maximum Gasteiger partial charge on any atom is 0.292 e. The van der Waals surface area contributed by atoms with E-state index in [1.165, 1.54) is 12.1 Å². The lowest BCUT2D eigenvalue weighted by molar-refractivity contribution is -0.384. The van der Waals surface area contributed by atoms with Gasteiger partial charge < -0.3 is 10.2 Å². The molecule has 1 aromatic heterocycles. The molecule has 3 rings (SSSR count). The number of anilines is 2. The molecule has 1 amide bonds. The highest BCUT2D eigenvalue weighted by Gasteiger charge is 2.28. The van der Waals surface area contributed by atoms with Crippen molar-refractivity contribution in [3.63, 3.8) is 0 Å². The van der Waals surface area contributed by atoms with Crippen molar-refractivity contribution in [2.24, 2.45) is 5.92 Å². The van der Waals surface area contributed by atoms with Crippen molar-refractivity contribution in [3.8, 4) is 0 Å². The van der Waals surface area contributed by atoms with Gasteiger partial charge >= 0.3 is 0 Å². The Morgan fingerprint density at radius 1 is 1.31 bits per heavy atom. The molecule has 7 nitrogen and oxygen atoms in total. The van der Waals surface area contributed by atoms with Gasteiger partial charge in [-0.15, -0.1) is 0 Å². The van der Waals surface area contributed by atoms with Gasteiger partial charge in [0.05, 0.1) is 4.92 Å². The molecule has 0 radical (unpaired) electrons. The minimum atomic E-state index is -0.518. The van der Waals surface area contributed by atoms with Gasteiger partial charge in [-0.2, -0.15) is 0 Å². The first-order valence-corrected chi connectivity index (χ1v) is 8.36. The second-order valence-corrected chi connectivity index (χ2v) is 6.36. The third kappa shape index (κ3) is 3.96. The number of rotatable bonds is 4. The molecule has 1 aromatic carbocycles. The number of nitro groups is 1. The van der Waals surface area contributed by atoms with Crippen molar-refractivity contribution in [2.45, 2.75) is 19.8 Å². The fourth-order valence-corrected chi connectivity index (χ4v) is 3.06. The van der Waals surface area contributed by atoms with Crippen molar-refractivity contribution >= 4 is 23.1 Å². The number of hydrogen-bond donors (Lipinski definition) is 1. The van der Waals surface area contributed by atoms with Gasteiger partial charge in [0.2, 0.25) is 5.91 Å². The summed E-state index contributed by atoms with van der Waals surface area (Å²) < 4.78 is 13.5. The predicted molar refractivity (Wildman–Crippen MR) is 95.6 cm³/mol. The van der Waals surface area contributed by atoms with E-state index in [1.807, 2.05) is 13.0 Å². The third-order valence-electron chi connectivity index (χ3n) is 4.50. The topological polar surface area (TPSA) is 88.4 Å². The van der Waals surface area contributed by atoms with Crippen LogP contribution in [0.2, 0.25) is 0 Å². The fraction of sp³-hybridized carbons (Fsp3) is 0.333. The van der Waals surface area contributed by atoms with Crippen LogP contribution in [-0.4, -0.2) is 28.9 Å². The second kappa shape index (κ2) is 7.47. The number of aromatic nitrogens is 1. The lowest BCUT2D eigenvalue weighted by atomic mass is 9.95. The first-order chi connectivity index (χ1) is 12.4. The Kier molecular flexibility index (Phi) is 5.11. The molecule has 1 saturated heterocycles. The zero-order valence-electron chi connectivity index (χ0n) is 14.3. The third-order valence-corrected chi connectivity index (χ3v) is 4.50. The zero-order chi connectivity index (χ0) is 18.7. The molecule has 1 N–H and O–H groups in total. The van der Waals surface area contributed by atoms with Crippen LogP contribution in [0.4, 0.5) is 21.6 Å². The van der Waals surface area contributed by atoms with Gasteiger partial charge in [-0.3, -0.25) is 14.9 Å². The van der Waals surface area contributed by atoms with Gasteiger partial charge in [-0.05, 0) is 37.5 Å². The number of benzene rings is 1. The SMILES string of the molecule is Cc1ccc(NC(=O)C2CCN(c3cc(F)ccc3[N+](=O)[O-])CC2)nc1. The lowest BCUT2D eigenvalue weighted by Crippen LogP contribution is -2.38. The van der Waals surface area contributed by atoms with Crippen molar-refractivity contribution in [3.05, 3.63) is 58.0 Å². The summed E-state index contributed by atoms with van der Waals surface area (Å²) in [5, 5.41) is 14.0. The average molecular weight is 358 g/mol. The van der Waals surface area contributed by atoms with Gasteiger partial charge in [0.15, 0.2) is 0 Å². The Morgan fingerprint density at radius 3 is 2.65 bits per heavy atom. The number of nitro benzene ring substituents is 1. The van der Waals surface area contributed by atoms with Crippen molar-refractivity contribution in [1.29, 1.82) is 0 Å². The molecule has 0 unspecified atom stereocenters. The highest BCUT2D eigenvalue weighted by Crippen LogP contribution is 2.32. The molecule has 26 heavy (non-hydrogen) atoms. The number of amides is 1. The van der Waals surface area contributed by atoms with Crippen LogP contribution in [0.5, 0.6) is 0 Å². The summed E-state index contributed by atoms with van der Waals surface area (Å²) in [4.78, 5) is 28.9. The molecule has 1 aliphatic rings. The van der Waals surface area contributed by atoms with E-state index in [0.717, 1.165) is 11.6 Å². The van der Waals surface area contributed by atoms with Gasteiger partial charge in [0.1, 0.15) is 17.3 Å². The van der Waals surface area contributed by atoms with Crippen LogP contribution in [0.1, 0.15) is 18.4 Å². The smallest absolute Gasteiger partial charge is 0.292 e. The summed E-state index contributed by atoms with van der Waals surface area (Å²) in [6.07, 6.45) is 2.75. The fourth-order valence-electron chi connectivity index (χ4n) is 3.06. The van der Waals surface area contributed by atoms with Crippen LogP contribution in [0.3, 0.4) is 0 Å². The first-order valence-electron chi connectivity index (χ1n) is 8.36. The Morgan fingerprint density at radius 2 is 2.04 bits per heavy atom. The summed E-state index contributed by atoms with van der Waals surface area (Å²) in [5.41, 5.74) is 1.14. The summed E-state index contributed by atoms with van der Waals surface area (Å²) in [6.45, 7) is 2.81. The number of carbonyl (C=O) groups excluding carboxylic acids is 1. The number of pyridine rings is 1. The van der Waals surface area contributed by atoms with Crippen LogP contribution >= 0.6 is 0 Å². The van der Waals surface area contributed by atoms with Gasteiger partial charge in [0, 0.05) is 37.3 Å². The van der Waals surface area contributed by atoms with E-state index >= 15 is 0 Å². The monoisotopic (exact) mass is 358 g/mol. The summed E-state index contributed by atoms with van der Waals surface area (Å²) >= 11 is 0. The largest absolute Gasteiger partial charge is 0.366 e. The Balaban J connectivity index is 1.64. The van der Waals surface area contributed by atoms with E-state index in [9.17, 15) is 19.3 Å². The normalized spacial score (nSPS) is 14.9. The highest BCUT2D eigenvalue weighted by atomic mass is 19.1. The van der Waals surface area contributed by atoms with Crippen LogP contribution in [0.15, 0.2) is 36.5 Å². The number of aryl methyl sites for hydroxylation is 1. The second-order valence-electron chi connectivity index (χ2n) is 6.36. The quantitative estimate of drug-likeness (QED) is 0.669. The molecule has 136 valence electrons. The van der Waals surface area contributed by atoms with Crippen molar-refractivity contribution in [2.75, 3.05) is 23.3 Å². The van der Waals surface area contributed by atoms with Crippen LogP contribution < -0.4 is 10.2 Å². The van der Waals surface area contributed by atoms with E-state index in [1.54, 1.807) is 17.2 Å². The number of nitrogens with zero attached hydrogens (tertiary/aromatic N) is 3. The molecule has 1 fully saturated rings. The minimum Gasteiger partial charge on any atom is -0.366 e. The van der Waals surface area contributed by atoms with Crippen molar-refractivity contribution < 1.29 is 14.1 Å². The molecule has 2 heterocycles. The molecule has 8 heteroatoms. The van der Waals surface area contributed by atoms with Crippen LogP contribution in [-0.2, 0) is 4.79 Å². The lowest BCUT2D eigenvalue weighted by Gasteiger charge is -2.32. The zero-order valence-corrected chi connectivity index (χ0v) is 14.3. The maximum atomic E-state index is 13.5. The first kappa shape index (κ1) is 17.8. The van der Waals surface area contributed by atoms with Crippen molar-refractivity contribution in [1.82, 2.24) is 4.98 Å². The predicted octanol–water partition coefficient (Wildman–Crippen LogP) is 3.29. The van der Waals surface area contributed by atoms with E-state index < -0.39 is 10.7 Å². The molecule has 0 spiro atoms. The number of hydrogen-bond acceptors (Lipinski definition) is 5. The van der Waals surface area contributed by atoms with Gasteiger partial charge in [0.25, 0.3) is 5.69 Å². The molecular formula is C18H19FN4O3. The minimum absolute atomic E-state index is 0.116. The highest BCUT2D eigenvalue weighted by molar-refractivity contribution is 5.91.